The predicted molar refractivity (Wildman–Crippen MR) is 73.7 cm³/mol. The van der Waals surface area contributed by atoms with Crippen LogP contribution in [0.3, 0.4) is 0 Å². The summed E-state index contributed by atoms with van der Waals surface area (Å²) in [6, 6.07) is 12.0. The van der Waals surface area contributed by atoms with Crippen molar-refractivity contribution in [2.45, 2.75) is 32.9 Å². The summed E-state index contributed by atoms with van der Waals surface area (Å²) in [6.45, 7) is 8.29. The number of hydrogen-bond acceptors (Lipinski definition) is 0. The molecule has 0 saturated carbocycles. The van der Waals surface area contributed by atoms with E-state index in [4.69, 9.17) is 5.87 Å². The number of benzene rings is 1. The van der Waals surface area contributed by atoms with E-state index >= 15 is 0 Å². The second-order valence-corrected chi connectivity index (χ2v) is 5.28. The standard InChI is InChI=1S/C6H6.C5H12S.C2H6/c1-2-4-6-5-3-1;1-5(2)6(3)4;1-2/h1-6H;3,5-6H,1-2,4H3;1-2H3. The van der Waals surface area contributed by atoms with Crippen molar-refractivity contribution in [1.82, 2.24) is 0 Å². The highest BCUT2D eigenvalue weighted by molar-refractivity contribution is 7.94. The van der Waals surface area contributed by atoms with Gasteiger partial charge in [-0.15, -0.1) is 0 Å². The zero-order valence-corrected chi connectivity index (χ0v) is 11.0. The van der Waals surface area contributed by atoms with Crippen molar-refractivity contribution in [3.63, 3.8) is 0 Å². The number of rotatable bonds is 1. The summed E-state index contributed by atoms with van der Waals surface area (Å²) < 4.78 is 0. The van der Waals surface area contributed by atoms with Gasteiger partial charge in [0.05, 0.1) is 0 Å². The Morgan fingerprint density at radius 3 is 1.07 bits per heavy atom. The van der Waals surface area contributed by atoms with Crippen molar-refractivity contribution in [1.29, 1.82) is 0 Å². The summed E-state index contributed by atoms with van der Waals surface area (Å²) in [7, 11) is -0.159. The third-order valence-electron chi connectivity index (χ3n) is 1.48. The summed E-state index contributed by atoms with van der Waals surface area (Å²) >= 11 is 0. The van der Waals surface area contributed by atoms with Crippen molar-refractivity contribution in [2.24, 2.45) is 0 Å². The summed E-state index contributed by atoms with van der Waals surface area (Å²) in [5.41, 5.74) is 0. The molecule has 1 atom stereocenters. The predicted octanol–water partition coefficient (Wildman–Crippen LogP) is 3.40. The Bertz CT molecular complexity index is 175. The highest BCUT2D eigenvalue weighted by Gasteiger charge is 1.85. The minimum absolute atomic E-state index is 0.159. The summed E-state index contributed by atoms with van der Waals surface area (Å²) in [5, 5.41) is 0.694. The molecule has 0 aromatic heterocycles. The van der Waals surface area contributed by atoms with Crippen LogP contribution in [0.25, 0.3) is 0 Å². The lowest BCUT2D eigenvalue weighted by molar-refractivity contribution is 1.11. The van der Waals surface area contributed by atoms with Gasteiger partial charge in [-0.25, -0.2) is 0 Å². The highest BCUT2D eigenvalue weighted by atomic mass is 32.2. The van der Waals surface area contributed by atoms with Crippen molar-refractivity contribution in [3.05, 3.63) is 36.4 Å². The smallest absolute Gasteiger partial charge is 0.0498 e. The highest BCUT2D eigenvalue weighted by Crippen LogP contribution is 1.85. The van der Waals surface area contributed by atoms with E-state index in [1.807, 2.05) is 50.2 Å². The molecule has 1 aromatic rings. The van der Waals surface area contributed by atoms with Gasteiger partial charge in [-0.3, -0.25) is 0 Å². The Morgan fingerprint density at radius 1 is 0.857 bits per heavy atom. The van der Waals surface area contributed by atoms with Crippen molar-refractivity contribution in [2.75, 3.05) is 6.26 Å². The van der Waals surface area contributed by atoms with Crippen molar-refractivity contribution in [3.8, 4) is 0 Å². The Labute approximate surface area is 92.3 Å². The van der Waals surface area contributed by atoms with Crippen LogP contribution in [-0.4, -0.2) is 17.4 Å². The summed E-state index contributed by atoms with van der Waals surface area (Å²) in [4.78, 5) is 0. The molecule has 0 heterocycles. The van der Waals surface area contributed by atoms with Crippen LogP contribution in [-0.2, 0) is 10.5 Å². The van der Waals surface area contributed by atoms with Gasteiger partial charge < -0.3 is 16.4 Å². The zero-order valence-electron chi connectivity index (χ0n) is 10.1. The molecule has 1 unspecified atom stereocenters. The van der Waals surface area contributed by atoms with Crippen LogP contribution in [0.4, 0.5) is 0 Å². The molecular formula is C13H24S. The Kier molecular flexibility index (Phi) is 14.1. The molecule has 14 heavy (non-hydrogen) atoms. The van der Waals surface area contributed by atoms with Crippen molar-refractivity contribution < 1.29 is 0 Å². The normalized spacial score (nSPS) is 10.4. The summed E-state index contributed by atoms with van der Waals surface area (Å²) in [6.07, 6.45) is 2.08. The molecule has 82 valence electrons. The van der Waals surface area contributed by atoms with Gasteiger partial charge >= 0.3 is 0 Å². The fraction of sp³-hybridized carbons (Fsp3) is 0.462. The minimum atomic E-state index is -0.159. The van der Waals surface area contributed by atoms with E-state index in [1.165, 1.54) is 0 Å². The lowest BCUT2D eigenvalue weighted by atomic mass is 10.4. The molecule has 0 aliphatic rings. The van der Waals surface area contributed by atoms with Gasteiger partial charge in [0, 0.05) is 11.5 Å². The van der Waals surface area contributed by atoms with E-state index in [9.17, 15) is 0 Å². The van der Waals surface area contributed by atoms with Crippen LogP contribution in [0.15, 0.2) is 36.4 Å². The first-order valence-corrected chi connectivity index (χ1v) is 7.05. The molecule has 0 N–H and O–H groups in total. The van der Waals surface area contributed by atoms with E-state index in [0.717, 1.165) is 0 Å². The fourth-order valence-electron chi connectivity index (χ4n) is 0.385. The van der Waals surface area contributed by atoms with Gasteiger partial charge in [-0.05, 0) is 13.8 Å². The molecule has 0 aliphatic carbocycles. The van der Waals surface area contributed by atoms with Crippen LogP contribution in [0.1, 0.15) is 27.7 Å². The molecule has 0 spiro atoms. The van der Waals surface area contributed by atoms with Crippen LogP contribution in [0.5, 0.6) is 0 Å². The first-order valence-electron chi connectivity index (χ1n) is 5.12. The van der Waals surface area contributed by atoms with Crippen molar-refractivity contribution >= 4 is 16.4 Å². The fourth-order valence-corrected chi connectivity index (χ4v) is 0.385. The maximum atomic E-state index is 5.50. The average Bonchev–Trinajstić information content (AvgIpc) is 2.24. The zero-order chi connectivity index (χ0) is 11.4. The molecule has 0 saturated heterocycles. The van der Waals surface area contributed by atoms with E-state index < -0.39 is 0 Å². The molecule has 0 amide bonds. The second kappa shape index (κ2) is 12.4. The maximum absolute atomic E-state index is 5.50. The van der Waals surface area contributed by atoms with Crippen LogP contribution >= 0.6 is 0 Å². The Morgan fingerprint density at radius 2 is 1.00 bits per heavy atom. The molecular weight excluding hydrogens is 188 g/mol. The number of hydrogen-bond donors (Lipinski definition) is 0. The van der Waals surface area contributed by atoms with E-state index in [0.29, 0.717) is 5.25 Å². The minimum Gasteiger partial charge on any atom is -0.314 e. The van der Waals surface area contributed by atoms with Crippen LogP contribution < -0.4 is 0 Å². The topological polar surface area (TPSA) is 0 Å². The molecule has 1 rings (SSSR count). The third-order valence-corrected chi connectivity index (χ3v) is 3.11. The van der Waals surface area contributed by atoms with Crippen LogP contribution in [0, 0.1) is 0 Å². The largest absolute Gasteiger partial charge is 0.314 e. The first-order chi connectivity index (χ1) is 6.64. The van der Waals surface area contributed by atoms with Gasteiger partial charge in [0.15, 0.2) is 0 Å². The van der Waals surface area contributed by atoms with Gasteiger partial charge in [0.1, 0.15) is 0 Å². The van der Waals surface area contributed by atoms with E-state index in [1.54, 1.807) is 0 Å². The SMILES string of the molecule is CC.[CH-]=[SH+](C)C(C)C.c1ccccc1. The van der Waals surface area contributed by atoms with E-state index in [-0.39, 0.29) is 10.5 Å². The third kappa shape index (κ3) is 14.0. The molecule has 0 radical (unpaired) electrons. The lowest BCUT2D eigenvalue weighted by Gasteiger charge is -2.02. The van der Waals surface area contributed by atoms with Gasteiger partial charge in [-0.1, -0.05) is 50.2 Å². The van der Waals surface area contributed by atoms with Crippen LogP contribution in [0.2, 0.25) is 0 Å². The lowest BCUT2D eigenvalue weighted by Crippen LogP contribution is -2.00. The first kappa shape index (κ1) is 15.9. The maximum Gasteiger partial charge on any atom is 0.0498 e. The quantitative estimate of drug-likeness (QED) is 0.290. The van der Waals surface area contributed by atoms with Gasteiger partial charge in [-0.2, -0.15) is 0 Å². The Balaban J connectivity index is 0. The number of thiol groups is 1. The second-order valence-electron chi connectivity index (χ2n) is 2.91. The average molecular weight is 212 g/mol. The van der Waals surface area contributed by atoms with Gasteiger partial charge in [0.2, 0.25) is 0 Å². The summed E-state index contributed by atoms with van der Waals surface area (Å²) in [5.74, 6) is 5.50. The Hall–Kier alpha value is -0.560. The molecule has 0 fully saturated rings. The monoisotopic (exact) mass is 212 g/mol. The molecule has 1 aromatic carbocycles. The molecule has 0 bridgehead atoms. The molecule has 0 nitrogen and oxygen atoms in total. The molecule has 0 aliphatic heterocycles. The van der Waals surface area contributed by atoms with E-state index in [2.05, 4.69) is 20.1 Å². The van der Waals surface area contributed by atoms with Gasteiger partial charge in [0.25, 0.3) is 0 Å². The molecule has 1 heteroatoms.